The molecule has 0 aromatic heterocycles. The molecule has 0 spiro atoms. The molecular weight excluding hydrogens is 264 g/mol. The second-order valence-electron chi connectivity index (χ2n) is 4.67. The van der Waals surface area contributed by atoms with Crippen LogP contribution in [0.15, 0.2) is 66.7 Å². The maximum Gasteiger partial charge on any atom is 0.315 e. The van der Waals surface area contributed by atoms with Crippen molar-refractivity contribution in [2.75, 3.05) is 7.11 Å². The predicted octanol–water partition coefficient (Wildman–Crippen LogP) is 3.22. The first kappa shape index (κ1) is 15.0. The summed E-state index contributed by atoms with van der Waals surface area (Å²) in [6.07, 6.45) is 2.56. The average Bonchev–Trinajstić information content (AvgIpc) is 2.56. The Morgan fingerprint density at radius 2 is 1.62 bits per heavy atom. The molecule has 0 saturated heterocycles. The summed E-state index contributed by atoms with van der Waals surface area (Å²) in [4.78, 5) is 11.9. The number of carbonyl (C=O) groups excluding carboxylic acids is 1. The van der Waals surface area contributed by atoms with E-state index in [0.29, 0.717) is 5.56 Å². The quantitative estimate of drug-likeness (QED) is 0.856. The van der Waals surface area contributed by atoms with E-state index in [4.69, 9.17) is 4.74 Å². The molecular formula is C18H18O3. The van der Waals surface area contributed by atoms with Gasteiger partial charge >= 0.3 is 5.97 Å². The van der Waals surface area contributed by atoms with Gasteiger partial charge in [0.2, 0.25) is 0 Å². The first-order valence-corrected chi connectivity index (χ1v) is 6.76. The zero-order valence-electron chi connectivity index (χ0n) is 11.8. The number of methoxy groups -OCH3 is 1. The smallest absolute Gasteiger partial charge is 0.315 e. The molecule has 0 heterocycles. The van der Waals surface area contributed by atoms with E-state index in [0.717, 1.165) is 5.56 Å². The number of carbonyl (C=O) groups is 1. The van der Waals surface area contributed by atoms with Crippen LogP contribution in [0.1, 0.15) is 17.2 Å². The summed E-state index contributed by atoms with van der Waals surface area (Å²) in [6, 6.07) is 18.7. The number of rotatable bonds is 5. The standard InChI is InChI=1S/C18H18O3/c1-21-18(20)16(13-12-14-8-4-2-5-9-14)17(19)15-10-6-3-7-11-15/h2-13,16-17,19H,1H3/b13-12+. The summed E-state index contributed by atoms with van der Waals surface area (Å²) < 4.78 is 4.79. The molecule has 2 aromatic rings. The van der Waals surface area contributed by atoms with Gasteiger partial charge in [-0.2, -0.15) is 0 Å². The number of hydrogen-bond acceptors (Lipinski definition) is 3. The normalized spacial score (nSPS) is 13.8. The topological polar surface area (TPSA) is 46.5 Å². The highest BCUT2D eigenvalue weighted by Crippen LogP contribution is 2.25. The average molecular weight is 282 g/mol. The highest BCUT2D eigenvalue weighted by molar-refractivity contribution is 5.76. The van der Waals surface area contributed by atoms with E-state index >= 15 is 0 Å². The zero-order valence-corrected chi connectivity index (χ0v) is 11.8. The lowest BCUT2D eigenvalue weighted by atomic mass is 9.94. The van der Waals surface area contributed by atoms with Gasteiger partial charge < -0.3 is 9.84 Å². The van der Waals surface area contributed by atoms with E-state index in [1.807, 2.05) is 54.6 Å². The van der Waals surface area contributed by atoms with Gasteiger partial charge in [0, 0.05) is 0 Å². The van der Waals surface area contributed by atoms with Crippen molar-refractivity contribution < 1.29 is 14.6 Å². The second kappa shape index (κ2) is 7.41. The number of esters is 1. The summed E-state index contributed by atoms with van der Waals surface area (Å²) in [7, 11) is 1.32. The van der Waals surface area contributed by atoms with Gasteiger partial charge in [-0.15, -0.1) is 0 Å². The predicted molar refractivity (Wildman–Crippen MR) is 82.4 cm³/mol. The fraction of sp³-hybridized carbons (Fsp3) is 0.167. The molecule has 0 aliphatic rings. The van der Waals surface area contributed by atoms with Crippen molar-refractivity contribution in [1.82, 2.24) is 0 Å². The van der Waals surface area contributed by atoms with Crippen molar-refractivity contribution in [2.45, 2.75) is 6.10 Å². The van der Waals surface area contributed by atoms with Crippen molar-refractivity contribution in [3.8, 4) is 0 Å². The van der Waals surface area contributed by atoms with Crippen LogP contribution < -0.4 is 0 Å². The third-order valence-corrected chi connectivity index (χ3v) is 3.25. The molecule has 21 heavy (non-hydrogen) atoms. The number of benzene rings is 2. The van der Waals surface area contributed by atoms with Gasteiger partial charge in [0.25, 0.3) is 0 Å². The van der Waals surface area contributed by atoms with Crippen LogP contribution in [0.3, 0.4) is 0 Å². The summed E-state index contributed by atoms with van der Waals surface area (Å²) in [5.41, 5.74) is 1.65. The van der Waals surface area contributed by atoms with Gasteiger partial charge in [0.15, 0.2) is 0 Å². The Bertz CT molecular complexity index is 590. The van der Waals surface area contributed by atoms with Gasteiger partial charge in [-0.1, -0.05) is 72.8 Å². The molecule has 3 heteroatoms. The first-order chi connectivity index (χ1) is 10.2. The van der Waals surface area contributed by atoms with Crippen molar-refractivity contribution in [3.05, 3.63) is 77.9 Å². The van der Waals surface area contributed by atoms with Crippen LogP contribution in [0.2, 0.25) is 0 Å². The Hall–Kier alpha value is -2.39. The Labute approximate surface area is 124 Å². The Kier molecular flexibility index (Phi) is 5.29. The SMILES string of the molecule is COC(=O)C(/C=C/c1ccccc1)C(O)c1ccccc1. The molecule has 0 fully saturated rings. The van der Waals surface area contributed by atoms with Gasteiger partial charge in [0.05, 0.1) is 13.2 Å². The maximum atomic E-state index is 11.9. The molecule has 0 aliphatic carbocycles. The number of aliphatic hydroxyl groups is 1. The lowest BCUT2D eigenvalue weighted by Gasteiger charge is -2.18. The van der Waals surface area contributed by atoms with Gasteiger partial charge in [-0.3, -0.25) is 4.79 Å². The van der Waals surface area contributed by atoms with Crippen LogP contribution in [0.5, 0.6) is 0 Å². The van der Waals surface area contributed by atoms with Crippen LogP contribution in [-0.4, -0.2) is 18.2 Å². The molecule has 2 atom stereocenters. The molecule has 1 N–H and O–H groups in total. The highest BCUT2D eigenvalue weighted by atomic mass is 16.5. The molecule has 0 bridgehead atoms. The first-order valence-electron chi connectivity index (χ1n) is 6.76. The van der Waals surface area contributed by atoms with Crippen molar-refractivity contribution in [2.24, 2.45) is 5.92 Å². The van der Waals surface area contributed by atoms with Crippen LogP contribution in [-0.2, 0) is 9.53 Å². The summed E-state index contributed by atoms with van der Waals surface area (Å²) in [5, 5.41) is 10.4. The van der Waals surface area contributed by atoms with Gasteiger partial charge in [-0.05, 0) is 11.1 Å². The van der Waals surface area contributed by atoms with Gasteiger partial charge in [0.1, 0.15) is 5.92 Å². The summed E-state index contributed by atoms with van der Waals surface area (Å²) in [6.45, 7) is 0. The lowest BCUT2D eigenvalue weighted by molar-refractivity contribution is -0.147. The molecule has 0 radical (unpaired) electrons. The summed E-state index contributed by atoms with van der Waals surface area (Å²) >= 11 is 0. The Morgan fingerprint density at radius 3 is 2.19 bits per heavy atom. The summed E-state index contributed by atoms with van der Waals surface area (Å²) in [5.74, 6) is -1.20. The number of hydrogen-bond donors (Lipinski definition) is 1. The fourth-order valence-electron chi connectivity index (χ4n) is 2.09. The fourth-order valence-corrected chi connectivity index (χ4v) is 2.09. The molecule has 0 amide bonds. The molecule has 3 nitrogen and oxygen atoms in total. The monoisotopic (exact) mass is 282 g/mol. The minimum Gasteiger partial charge on any atom is -0.468 e. The van der Waals surface area contributed by atoms with Crippen LogP contribution in [0, 0.1) is 5.92 Å². The second-order valence-corrected chi connectivity index (χ2v) is 4.67. The third-order valence-electron chi connectivity index (χ3n) is 3.25. The van der Waals surface area contributed by atoms with Crippen LogP contribution in [0.25, 0.3) is 6.08 Å². The zero-order chi connectivity index (χ0) is 15.1. The number of ether oxygens (including phenoxy) is 1. The Balaban J connectivity index is 2.23. The molecule has 108 valence electrons. The van der Waals surface area contributed by atoms with E-state index in [1.165, 1.54) is 7.11 Å². The molecule has 2 unspecified atom stereocenters. The largest absolute Gasteiger partial charge is 0.468 e. The molecule has 0 aliphatic heterocycles. The molecule has 2 aromatic carbocycles. The van der Waals surface area contributed by atoms with Crippen LogP contribution >= 0.6 is 0 Å². The van der Waals surface area contributed by atoms with E-state index in [1.54, 1.807) is 18.2 Å². The maximum absolute atomic E-state index is 11.9. The highest BCUT2D eigenvalue weighted by Gasteiger charge is 2.26. The van der Waals surface area contributed by atoms with Crippen molar-refractivity contribution in [1.29, 1.82) is 0 Å². The molecule has 0 saturated carbocycles. The molecule has 2 rings (SSSR count). The van der Waals surface area contributed by atoms with Crippen molar-refractivity contribution >= 4 is 12.0 Å². The van der Waals surface area contributed by atoms with Crippen LogP contribution in [0.4, 0.5) is 0 Å². The van der Waals surface area contributed by atoms with E-state index < -0.39 is 18.0 Å². The van der Waals surface area contributed by atoms with Gasteiger partial charge in [-0.25, -0.2) is 0 Å². The van der Waals surface area contributed by atoms with E-state index in [9.17, 15) is 9.90 Å². The lowest BCUT2D eigenvalue weighted by Crippen LogP contribution is -2.21. The van der Waals surface area contributed by atoms with E-state index in [-0.39, 0.29) is 0 Å². The third kappa shape index (κ3) is 4.04. The number of aliphatic hydroxyl groups excluding tert-OH is 1. The minimum absolute atomic E-state index is 0.460. The van der Waals surface area contributed by atoms with Crippen molar-refractivity contribution in [3.63, 3.8) is 0 Å². The van der Waals surface area contributed by atoms with E-state index in [2.05, 4.69) is 0 Å². The Morgan fingerprint density at radius 1 is 1.05 bits per heavy atom. The minimum atomic E-state index is -0.932.